The number of nitrogens with two attached hydrogens (primary N) is 1. The molecule has 2 rings (SSSR count). The number of hydrogen-bond donors (Lipinski definition) is 1. The summed E-state index contributed by atoms with van der Waals surface area (Å²) in [6.07, 6.45) is 0. The summed E-state index contributed by atoms with van der Waals surface area (Å²) in [4.78, 5) is 0. The van der Waals surface area contributed by atoms with Crippen molar-refractivity contribution in [1.29, 1.82) is 0 Å². The number of para-hydroxylation sites is 1. The second-order valence-electron chi connectivity index (χ2n) is 7.89. The number of benzene rings is 1. The lowest BCUT2D eigenvalue weighted by Gasteiger charge is -2.16. The maximum atomic E-state index is 6.29. The summed E-state index contributed by atoms with van der Waals surface area (Å²) in [5, 5.41) is 5.86. The third-order valence-corrected chi connectivity index (χ3v) is 5.50. The van der Waals surface area contributed by atoms with Crippen LogP contribution in [0, 0.1) is 6.92 Å². The van der Waals surface area contributed by atoms with Gasteiger partial charge in [0, 0.05) is 20.1 Å². The highest BCUT2D eigenvalue weighted by atomic mass is 28.3. The Morgan fingerprint density at radius 2 is 1.95 bits per heavy atom. The van der Waals surface area contributed by atoms with Crippen LogP contribution < -0.4 is 5.73 Å². The van der Waals surface area contributed by atoms with Gasteiger partial charge in [-0.05, 0) is 32.4 Å². The second kappa shape index (κ2) is 6.14. The van der Waals surface area contributed by atoms with Crippen molar-refractivity contribution >= 4 is 19.0 Å². The maximum absolute atomic E-state index is 6.29. The highest BCUT2D eigenvalue weighted by molar-refractivity contribution is 6.76. The molecule has 122 valence electrons. The lowest BCUT2D eigenvalue weighted by atomic mass is 9.98. The van der Waals surface area contributed by atoms with Crippen LogP contribution in [-0.2, 0) is 17.0 Å². The lowest BCUT2D eigenvalue weighted by molar-refractivity contribution is 0.0810. The van der Waals surface area contributed by atoms with E-state index in [1.807, 2.05) is 18.5 Å². The Bertz CT molecular complexity index is 650. The summed E-state index contributed by atoms with van der Waals surface area (Å²) in [6, 6.07) is 7.43. The number of hydrogen-bond acceptors (Lipinski definition) is 3. The zero-order valence-electron chi connectivity index (χ0n) is 14.7. The van der Waals surface area contributed by atoms with E-state index in [0.717, 1.165) is 23.2 Å². The van der Waals surface area contributed by atoms with Crippen molar-refractivity contribution in [3.8, 4) is 0 Å². The van der Waals surface area contributed by atoms with Gasteiger partial charge < -0.3 is 10.5 Å². The fourth-order valence-corrected chi connectivity index (χ4v) is 3.27. The largest absolute Gasteiger partial charge is 0.360 e. The summed E-state index contributed by atoms with van der Waals surface area (Å²) in [6.45, 7) is 14.5. The Balaban J connectivity index is 2.26. The topological polar surface area (TPSA) is 53.1 Å². The Hall–Kier alpha value is -1.17. The minimum absolute atomic E-state index is 0.463. The van der Waals surface area contributed by atoms with Gasteiger partial charge in [0.25, 0.3) is 0 Å². The quantitative estimate of drug-likeness (QED) is 0.650. The van der Waals surface area contributed by atoms with Crippen molar-refractivity contribution in [1.82, 2.24) is 9.78 Å². The predicted octanol–water partition coefficient (Wildman–Crippen LogP) is 3.85. The van der Waals surface area contributed by atoms with Gasteiger partial charge in [-0.3, -0.25) is 0 Å². The first kappa shape index (κ1) is 17.2. The van der Waals surface area contributed by atoms with E-state index in [1.165, 1.54) is 11.6 Å². The van der Waals surface area contributed by atoms with Gasteiger partial charge in [0.15, 0.2) is 0 Å². The normalized spacial score (nSPS) is 13.0. The van der Waals surface area contributed by atoms with Crippen molar-refractivity contribution in [2.45, 2.75) is 58.7 Å². The molecule has 0 amide bonds. The zero-order chi connectivity index (χ0) is 16.5. The van der Waals surface area contributed by atoms with E-state index >= 15 is 0 Å². The highest BCUT2D eigenvalue weighted by Gasteiger charge is 2.23. The number of aryl methyl sites for hydroxylation is 1. The molecule has 2 aromatic rings. The molecule has 0 saturated heterocycles. The van der Waals surface area contributed by atoms with E-state index in [4.69, 9.17) is 15.6 Å². The van der Waals surface area contributed by atoms with Crippen LogP contribution in [0.25, 0.3) is 10.9 Å². The molecule has 1 heterocycles. The predicted molar refractivity (Wildman–Crippen MR) is 95.8 cm³/mol. The molecule has 0 fully saturated rings. The fourth-order valence-electron chi connectivity index (χ4n) is 2.52. The summed E-state index contributed by atoms with van der Waals surface area (Å²) < 4.78 is 7.84. The smallest absolute Gasteiger partial charge is 0.140 e. The van der Waals surface area contributed by atoms with Crippen molar-refractivity contribution in [2.24, 2.45) is 5.73 Å². The highest BCUT2D eigenvalue weighted by Crippen LogP contribution is 2.28. The Morgan fingerprint density at radius 1 is 1.27 bits per heavy atom. The SMILES string of the molecule is Cc1cccc2c(C(C)(C)N)nn(COCC[Si](C)(C)C)c12. The molecule has 2 N–H and O–H groups in total. The first-order chi connectivity index (χ1) is 10.1. The summed E-state index contributed by atoms with van der Waals surface area (Å²) in [5.74, 6) is 0. The molecule has 4 nitrogen and oxygen atoms in total. The van der Waals surface area contributed by atoms with Crippen molar-refractivity contribution in [3.63, 3.8) is 0 Å². The molecule has 0 saturated carbocycles. The Kier molecular flexibility index (Phi) is 4.80. The van der Waals surface area contributed by atoms with Crippen LogP contribution in [0.2, 0.25) is 25.7 Å². The molecular formula is C17H29N3OSi. The molecule has 0 spiro atoms. The van der Waals surface area contributed by atoms with Crippen LogP contribution in [-0.4, -0.2) is 24.5 Å². The van der Waals surface area contributed by atoms with Crippen molar-refractivity contribution in [2.75, 3.05) is 6.61 Å². The zero-order valence-corrected chi connectivity index (χ0v) is 15.7. The van der Waals surface area contributed by atoms with Gasteiger partial charge in [-0.15, -0.1) is 0 Å². The number of aromatic nitrogens is 2. The van der Waals surface area contributed by atoms with Crippen LogP contribution in [0.4, 0.5) is 0 Å². The molecule has 0 unspecified atom stereocenters. The minimum Gasteiger partial charge on any atom is -0.360 e. The summed E-state index contributed by atoms with van der Waals surface area (Å²) in [5.41, 5.74) is 9.09. The molecule has 1 aromatic carbocycles. The molecule has 1 aromatic heterocycles. The standard InChI is InChI=1S/C17H29N3OSi/c1-13-8-7-9-14-15(13)20(19-16(14)17(2,3)18)12-21-10-11-22(4,5)6/h7-9H,10-12,18H2,1-6H3. The van der Waals surface area contributed by atoms with E-state index in [1.54, 1.807) is 0 Å². The average molecular weight is 320 g/mol. The molecule has 0 aliphatic heterocycles. The van der Waals surface area contributed by atoms with Crippen LogP contribution in [0.15, 0.2) is 18.2 Å². The lowest BCUT2D eigenvalue weighted by Crippen LogP contribution is -2.29. The number of rotatable bonds is 6. The summed E-state index contributed by atoms with van der Waals surface area (Å²) >= 11 is 0. The second-order valence-corrected chi connectivity index (χ2v) is 13.5. The molecule has 0 radical (unpaired) electrons. The number of ether oxygens (including phenoxy) is 1. The third-order valence-electron chi connectivity index (χ3n) is 3.79. The Morgan fingerprint density at radius 3 is 2.55 bits per heavy atom. The average Bonchev–Trinajstić information content (AvgIpc) is 2.74. The fraction of sp³-hybridized carbons (Fsp3) is 0.588. The Labute approximate surface area is 134 Å². The molecule has 0 aliphatic rings. The molecule has 5 heteroatoms. The van der Waals surface area contributed by atoms with Crippen LogP contribution in [0.3, 0.4) is 0 Å². The van der Waals surface area contributed by atoms with Gasteiger partial charge in [-0.25, -0.2) is 4.68 Å². The monoisotopic (exact) mass is 319 g/mol. The van der Waals surface area contributed by atoms with E-state index < -0.39 is 13.6 Å². The van der Waals surface area contributed by atoms with Gasteiger partial charge in [0.05, 0.1) is 16.7 Å². The van der Waals surface area contributed by atoms with Crippen molar-refractivity contribution < 1.29 is 4.74 Å². The minimum atomic E-state index is -1.06. The number of fused-ring (bicyclic) bond motifs is 1. The first-order valence-electron chi connectivity index (χ1n) is 7.93. The van der Waals surface area contributed by atoms with Crippen LogP contribution in [0.1, 0.15) is 25.1 Å². The van der Waals surface area contributed by atoms with Gasteiger partial charge in [-0.2, -0.15) is 5.10 Å². The third kappa shape index (κ3) is 3.97. The van der Waals surface area contributed by atoms with E-state index in [-0.39, 0.29) is 0 Å². The van der Waals surface area contributed by atoms with Gasteiger partial charge in [0.1, 0.15) is 6.73 Å². The molecule has 22 heavy (non-hydrogen) atoms. The van der Waals surface area contributed by atoms with Gasteiger partial charge in [-0.1, -0.05) is 37.8 Å². The maximum Gasteiger partial charge on any atom is 0.140 e. The van der Waals surface area contributed by atoms with Crippen LogP contribution in [0.5, 0.6) is 0 Å². The van der Waals surface area contributed by atoms with Crippen molar-refractivity contribution in [3.05, 3.63) is 29.5 Å². The van der Waals surface area contributed by atoms with E-state index in [9.17, 15) is 0 Å². The molecule has 0 atom stereocenters. The van der Waals surface area contributed by atoms with Gasteiger partial charge >= 0.3 is 0 Å². The van der Waals surface area contributed by atoms with Gasteiger partial charge in [0.2, 0.25) is 0 Å². The van der Waals surface area contributed by atoms with Crippen LogP contribution >= 0.6 is 0 Å². The first-order valence-corrected chi connectivity index (χ1v) is 11.6. The van der Waals surface area contributed by atoms with E-state index in [0.29, 0.717) is 6.73 Å². The molecule has 0 bridgehead atoms. The summed E-state index contributed by atoms with van der Waals surface area (Å²) in [7, 11) is -1.06. The molecule has 0 aliphatic carbocycles. The molecular weight excluding hydrogens is 290 g/mol. The van der Waals surface area contributed by atoms with E-state index in [2.05, 4.69) is 44.8 Å². The number of nitrogens with zero attached hydrogens (tertiary/aromatic N) is 2.